The molecule has 9 amide bonds. The summed E-state index contributed by atoms with van der Waals surface area (Å²) in [5.41, 5.74) is 17.4. The standard InChI is InChI=1S/C51H87N11O11/c1-11-32(10)43(61-41(64)27-53)50(71)58-37(24-29(4)5)47(68)55-34(19-15-16-22-52)44(65)57-36(23-28(2)3)46(67)56-35(20-21-40(54)63)45(66)62-42(31(8)9)49(70)59-38(26-33-17-13-12-14-18-33)48(69)60-39(51(72)73)25-30(6)7/h12-14,17-18,28-32,34-39,42-43H,11,15-16,19-27,52-53H2,1-10H3,(H2,54,63)(H,55,68)(H,56,67)(H,57,65)(H,58,71)(H,59,70)(H,60,69)(H,61,64)(H,62,66)(H,72,73)/t32-,34-,35-,36-,37-,38-,39-,42-,43-/m0/s1. The van der Waals surface area contributed by atoms with Gasteiger partial charge in [0.05, 0.1) is 6.54 Å². The van der Waals surface area contributed by atoms with E-state index in [-0.39, 0.29) is 75.2 Å². The molecule has 22 nitrogen and oxygen atoms in total. The van der Waals surface area contributed by atoms with Gasteiger partial charge in [0.2, 0.25) is 53.2 Å². The van der Waals surface area contributed by atoms with E-state index in [1.807, 2.05) is 20.8 Å². The third-order valence-electron chi connectivity index (χ3n) is 12.1. The van der Waals surface area contributed by atoms with Crippen molar-refractivity contribution in [3.05, 3.63) is 35.9 Å². The molecule has 0 aliphatic rings. The van der Waals surface area contributed by atoms with Gasteiger partial charge in [-0.3, -0.25) is 43.2 Å². The number of rotatable bonds is 35. The van der Waals surface area contributed by atoms with Crippen LogP contribution in [0.2, 0.25) is 0 Å². The van der Waals surface area contributed by atoms with Gasteiger partial charge in [-0.2, -0.15) is 0 Å². The lowest BCUT2D eigenvalue weighted by molar-refractivity contribution is -0.143. The average Bonchev–Trinajstić information content (AvgIpc) is 3.31. The molecule has 73 heavy (non-hydrogen) atoms. The number of aliphatic carboxylic acids is 1. The summed E-state index contributed by atoms with van der Waals surface area (Å²) in [4.78, 5) is 134. The molecule has 0 heterocycles. The lowest BCUT2D eigenvalue weighted by atomic mass is 9.96. The number of nitrogens with one attached hydrogen (secondary N) is 8. The molecule has 0 aliphatic carbocycles. The second-order valence-electron chi connectivity index (χ2n) is 20.4. The van der Waals surface area contributed by atoms with Gasteiger partial charge in [-0.25, -0.2) is 4.79 Å². The molecule has 0 unspecified atom stereocenters. The predicted molar refractivity (Wildman–Crippen MR) is 276 cm³/mol. The Hall–Kier alpha value is -6.16. The van der Waals surface area contributed by atoms with Gasteiger partial charge in [-0.1, -0.05) is 106 Å². The van der Waals surface area contributed by atoms with Gasteiger partial charge in [0, 0.05) is 12.8 Å². The van der Waals surface area contributed by atoms with Crippen LogP contribution in [0.1, 0.15) is 133 Å². The first-order valence-corrected chi connectivity index (χ1v) is 25.6. The van der Waals surface area contributed by atoms with E-state index in [4.69, 9.17) is 17.2 Å². The van der Waals surface area contributed by atoms with Crippen LogP contribution in [-0.4, -0.2) is 126 Å². The largest absolute Gasteiger partial charge is 0.480 e. The van der Waals surface area contributed by atoms with Crippen molar-refractivity contribution in [3.8, 4) is 0 Å². The third kappa shape index (κ3) is 24.9. The van der Waals surface area contributed by atoms with Crippen molar-refractivity contribution in [2.75, 3.05) is 13.1 Å². The first-order chi connectivity index (χ1) is 34.2. The summed E-state index contributed by atoms with van der Waals surface area (Å²) in [5.74, 6) is -9.14. The molecule has 0 aliphatic heterocycles. The number of amides is 9. The average molecular weight is 1030 g/mol. The van der Waals surface area contributed by atoms with Crippen LogP contribution in [0.4, 0.5) is 0 Å². The van der Waals surface area contributed by atoms with Gasteiger partial charge >= 0.3 is 5.97 Å². The number of nitrogens with two attached hydrogens (primary N) is 3. The molecular weight excluding hydrogens is 943 g/mol. The number of hydrogen-bond acceptors (Lipinski definition) is 12. The summed E-state index contributed by atoms with van der Waals surface area (Å²) in [6.07, 6.45) is 1.20. The Bertz CT molecular complexity index is 1970. The second-order valence-corrected chi connectivity index (χ2v) is 20.4. The van der Waals surface area contributed by atoms with Crippen molar-refractivity contribution in [2.45, 2.75) is 182 Å². The van der Waals surface area contributed by atoms with E-state index >= 15 is 0 Å². The molecule has 1 aromatic carbocycles. The molecule has 0 saturated carbocycles. The van der Waals surface area contributed by atoms with Crippen molar-refractivity contribution in [3.63, 3.8) is 0 Å². The second kappa shape index (κ2) is 33.5. The van der Waals surface area contributed by atoms with E-state index in [1.165, 1.54) is 0 Å². The number of carboxylic acid groups (broad SMARTS) is 1. The predicted octanol–water partition coefficient (Wildman–Crippen LogP) is 0.386. The number of unbranched alkanes of at least 4 members (excludes halogenated alkanes) is 1. The summed E-state index contributed by atoms with van der Waals surface area (Å²) in [6.45, 7) is 17.8. The van der Waals surface area contributed by atoms with E-state index in [9.17, 15) is 53.1 Å². The minimum absolute atomic E-state index is 0.0204. The van der Waals surface area contributed by atoms with Crippen LogP contribution < -0.4 is 59.7 Å². The quantitative estimate of drug-likeness (QED) is 0.0410. The normalized spacial score (nSPS) is 15.1. The van der Waals surface area contributed by atoms with Crippen LogP contribution in [0, 0.1) is 29.6 Å². The Morgan fingerprint density at radius 2 is 0.932 bits per heavy atom. The molecule has 0 radical (unpaired) electrons. The van der Waals surface area contributed by atoms with Crippen molar-refractivity contribution in [2.24, 2.45) is 46.8 Å². The highest BCUT2D eigenvalue weighted by Crippen LogP contribution is 2.15. The summed E-state index contributed by atoms with van der Waals surface area (Å²) in [6, 6.07) is -1.17. The third-order valence-corrected chi connectivity index (χ3v) is 12.1. The topological polar surface area (TPSA) is 365 Å². The number of carbonyl (C=O) groups excluding carboxylic acids is 9. The van der Waals surface area contributed by atoms with Gasteiger partial charge in [0.1, 0.15) is 48.3 Å². The molecule has 1 rings (SSSR count). The first kappa shape index (κ1) is 64.9. The highest BCUT2D eigenvalue weighted by Gasteiger charge is 2.36. The zero-order chi connectivity index (χ0) is 55.5. The van der Waals surface area contributed by atoms with Crippen LogP contribution in [0.25, 0.3) is 0 Å². The Morgan fingerprint density at radius 3 is 1.40 bits per heavy atom. The maximum Gasteiger partial charge on any atom is 0.326 e. The summed E-state index contributed by atoms with van der Waals surface area (Å²) < 4.78 is 0. The number of benzene rings is 1. The fraction of sp³-hybridized carbons (Fsp3) is 0.686. The minimum Gasteiger partial charge on any atom is -0.480 e. The van der Waals surface area contributed by atoms with Crippen LogP contribution in [0.5, 0.6) is 0 Å². The zero-order valence-electron chi connectivity index (χ0n) is 44.6. The molecule has 0 bridgehead atoms. The molecule has 412 valence electrons. The SMILES string of the molecule is CC[C@H](C)[C@H](NC(=O)CN)C(=O)N[C@@H](CC(C)C)C(=O)N[C@@H](CCCCN)C(=O)N[C@@H](CC(C)C)C(=O)N[C@@H](CCC(N)=O)C(=O)N[C@H](C(=O)N[C@@H](Cc1ccccc1)C(=O)N[C@@H](CC(C)C)C(=O)O)C(C)C. The molecule has 0 fully saturated rings. The van der Waals surface area contributed by atoms with Gasteiger partial charge in [0.15, 0.2) is 0 Å². The van der Waals surface area contributed by atoms with Crippen LogP contribution in [-0.2, 0) is 54.4 Å². The van der Waals surface area contributed by atoms with Crippen LogP contribution in [0.3, 0.4) is 0 Å². The number of carbonyl (C=O) groups is 10. The van der Waals surface area contributed by atoms with Crippen LogP contribution in [0.15, 0.2) is 30.3 Å². The van der Waals surface area contributed by atoms with E-state index in [1.54, 1.807) is 78.8 Å². The molecule has 0 spiro atoms. The number of hydrogen-bond donors (Lipinski definition) is 12. The molecule has 15 N–H and O–H groups in total. The fourth-order valence-corrected chi connectivity index (χ4v) is 7.81. The summed E-state index contributed by atoms with van der Waals surface area (Å²) in [7, 11) is 0. The Balaban J connectivity index is 3.52. The highest BCUT2D eigenvalue weighted by molar-refractivity contribution is 5.98. The molecule has 0 saturated heterocycles. The molecule has 1 aromatic rings. The Labute approximate surface area is 431 Å². The van der Waals surface area contributed by atoms with E-state index < -0.39 is 113 Å². The lowest BCUT2D eigenvalue weighted by Crippen LogP contribution is -2.61. The van der Waals surface area contributed by atoms with E-state index in [0.717, 1.165) is 0 Å². The summed E-state index contributed by atoms with van der Waals surface area (Å²) >= 11 is 0. The van der Waals surface area contributed by atoms with Gasteiger partial charge in [-0.15, -0.1) is 0 Å². The number of primary amides is 1. The Morgan fingerprint density at radius 1 is 0.507 bits per heavy atom. The molecular formula is C51H87N11O11. The minimum atomic E-state index is -1.47. The van der Waals surface area contributed by atoms with Crippen molar-refractivity contribution < 1.29 is 53.1 Å². The van der Waals surface area contributed by atoms with Gasteiger partial charge < -0.3 is 64.8 Å². The monoisotopic (exact) mass is 1030 g/mol. The van der Waals surface area contributed by atoms with Crippen LogP contribution >= 0.6 is 0 Å². The molecule has 0 aromatic heterocycles. The molecule has 9 atom stereocenters. The highest BCUT2D eigenvalue weighted by atomic mass is 16.4. The van der Waals surface area contributed by atoms with Crippen molar-refractivity contribution in [1.82, 2.24) is 42.5 Å². The van der Waals surface area contributed by atoms with Gasteiger partial charge in [0.25, 0.3) is 0 Å². The maximum atomic E-state index is 14.2. The molecule has 22 heteroatoms. The Kier molecular flexibility index (Phi) is 29.8. The smallest absolute Gasteiger partial charge is 0.326 e. The fourth-order valence-electron chi connectivity index (χ4n) is 7.81. The van der Waals surface area contributed by atoms with E-state index in [0.29, 0.717) is 31.4 Å². The van der Waals surface area contributed by atoms with E-state index in [2.05, 4.69) is 42.5 Å². The summed E-state index contributed by atoms with van der Waals surface area (Å²) in [5, 5.41) is 31.2. The van der Waals surface area contributed by atoms with Crippen molar-refractivity contribution in [1.29, 1.82) is 0 Å². The first-order valence-electron chi connectivity index (χ1n) is 25.6. The lowest BCUT2D eigenvalue weighted by Gasteiger charge is -2.30. The zero-order valence-corrected chi connectivity index (χ0v) is 44.6. The maximum absolute atomic E-state index is 14.2. The van der Waals surface area contributed by atoms with Gasteiger partial charge in [-0.05, 0) is 86.6 Å². The number of carboxylic acids is 1. The van der Waals surface area contributed by atoms with Crippen molar-refractivity contribution >= 4 is 59.1 Å².